The second kappa shape index (κ2) is 12.5. The van der Waals surface area contributed by atoms with Crippen molar-refractivity contribution in [2.75, 3.05) is 18.1 Å². The summed E-state index contributed by atoms with van der Waals surface area (Å²) in [7, 11) is -3.26. The van der Waals surface area contributed by atoms with Gasteiger partial charge in [-0.3, -0.25) is 9.48 Å². The number of aromatic nitrogens is 3. The zero-order valence-corrected chi connectivity index (χ0v) is 24.9. The lowest BCUT2D eigenvalue weighted by atomic mass is 9.84. The molecule has 0 aliphatic heterocycles. The Morgan fingerprint density at radius 3 is 2.43 bits per heavy atom. The van der Waals surface area contributed by atoms with Crippen molar-refractivity contribution < 1.29 is 45.0 Å². The number of pyridine rings is 1. The molecule has 1 saturated carbocycles. The van der Waals surface area contributed by atoms with Crippen LogP contribution in [0.25, 0.3) is 11.3 Å². The summed E-state index contributed by atoms with van der Waals surface area (Å²) in [6, 6.07) is 1.01. The van der Waals surface area contributed by atoms with Crippen molar-refractivity contribution in [1.29, 1.82) is 0 Å². The highest BCUT2D eigenvalue weighted by Gasteiger charge is 2.38. The molecular weight excluding hydrogens is 613 g/mol. The van der Waals surface area contributed by atoms with E-state index in [1.165, 1.54) is 18.5 Å². The molecule has 0 bridgehead atoms. The molecule has 3 N–H and O–H groups in total. The van der Waals surface area contributed by atoms with Gasteiger partial charge in [-0.25, -0.2) is 13.4 Å². The average molecular weight is 646 g/mol. The summed E-state index contributed by atoms with van der Waals surface area (Å²) in [4.78, 5) is 17.1. The molecule has 2 heterocycles. The van der Waals surface area contributed by atoms with E-state index in [2.05, 4.69) is 25.5 Å². The third-order valence-electron chi connectivity index (χ3n) is 6.90. The third-order valence-corrected chi connectivity index (χ3v) is 8.94. The Morgan fingerprint density at radius 2 is 1.90 bits per heavy atom. The lowest BCUT2D eigenvalue weighted by Crippen LogP contribution is -2.47. The number of alkyl halides is 5. The number of anilines is 1. The topological polar surface area (TPSA) is 135 Å². The SMILES string of the molecule is CCn1nc(C(=O)NCC2(O)CCC(S(C)(=O)=O)CC2)c(Cl)c1-c1cnc(NC(C)(C)CC(F)(F)F)cc1OC(F)F. The highest BCUT2D eigenvalue weighted by Crippen LogP contribution is 2.39. The molecule has 1 aliphatic carbocycles. The molecule has 0 atom stereocenters. The molecule has 10 nitrogen and oxygen atoms in total. The number of hydrogen-bond donors (Lipinski definition) is 3. The molecule has 236 valence electrons. The fraction of sp³-hybridized carbons (Fsp3) is 0.640. The number of aryl methyl sites for hydroxylation is 1. The molecule has 0 spiro atoms. The molecule has 17 heteroatoms. The van der Waals surface area contributed by atoms with E-state index in [4.69, 9.17) is 11.6 Å². The second-order valence-electron chi connectivity index (χ2n) is 11.0. The van der Waals surface area contributed by atoms with Gasteiger partial charge in [0.05, 0.1) is 33.6 Å². The number of amides is 1. The fourth-order valence-corrected chi connectivity index (χ4v) is 6.32. The molecule has 1 aliphatic rings. The van der Waals surface area contributed by atoms with Crippen LogP contribution >= 0.6 is 11.6 Å². The molecule has 1 fully saturated rings. The minimum Gasteiger partial charge on any atom is -0.434 e. The van der Waals surface area contributed by atoms with Crippen LogP contribution in [-0.2, 0) is 16.4 Å². The standard InChI is InChI=1S/C25H33ClF5N5O5S/c1-5-36-20(15-11-32-17(10-16(15)41-22(27)28)34-23(2,3)12-25(29,30)31)18(26)19(35-36)21(37)33-13-24(38)8-6-14(7-9-24)42(4,39)40/h10-11,14,22,38H,5-9,12-13H2,1-4H3,(H,32,34)(H,33,37). The number of sulfone groups is 1. The number of hydrogen-bond acceptors (Lipinski definition) is 8. The first kappa shape index (κ1) is 33.8. The van der Waals surface area contributed by atoms with Crippen LogP contribution < -0.4 is 15.4 Å². The van der Waals surface area contributed by atoms with Gasteiger partial charge in [0.1, 0.15) is 21.4 Å². The normalized spacial score (nSPS) is 20.0. The Balaban J connectivity index is 1.87. The first-order valence-electron chi connectivity index (χ1n) is 13.0. The lowest BCUT2D eigenvalue weighted by molar-refractivity contribution is -0.142. The van der Waals surface area contributed by atoms with Crippen LogP contribution in [0, 0.1) is 0 Å². The van der Waals surface area contributed by atoms with Crippen LogP contribution in [0.5, 0.6) is 5.75 Å². The van der Waals surface area contributed by atoms with Crippen molar-refractivity contribution in [2.45, 2.75) is 88.6 Å². The Hall–Kier alpha value is -2.72. The number of ether oxygens (including phenoxy) is 1. The molecule has 3 rings (SSSR count). The van der Waals surface area contributed by atoms with Crippen molar-refractivity contribution in [3.05, 3.63) is 23.0 Å². The molecule has 1 amide bonds. The van der Waals surface area contributed by atoms with Crippen molar-refractivity contribution in [2.24, 2.45) is 0 Å². The van der Waals surface area contributed by atoms with Crippen LogP contribution in [0.4, 0.5) is 27.8 Å². The van der Waals surface area contributed by atoms with Gasteiger partial charge in [0.2, 0.25) is 0 Å². The Bertz CT molecular complexity index is 1390. The third kappa shape index (κ3) is 8.66. The minimum atomic E-state index is -4.50. The zero-order valence-electron chi connectivity index (χ0n) is 23.4. The molecule has 0 saturated heterocycles. The zero-order chi connectivity index (χ0) is 31.7. The number of halogens is 6. The second-order valence-corrected chi connectivity index (χ2v) is 13.7. The maximum Gasteiger partial charge on any atom is 0.391 e. The molecular formula is C25H33ClF5N5O5S. The number of nitrogens with one attached hydrogen (secondary N) is 2. The van der Waals surface area contributed by atoms with Gasteiger partial charge in [0, 0.05) is 37.1 Å². The summed E-state index contributed by atoms with van der Waals surface area (Å²) in [5.41, 5.74) is -3.24. The maximum atomic E-state index is 13.3. The van der Waals surface area contributed by atoms with Crippen molar-refractivity contribution in [3.8, 4) is 17.0 Å². The molecule has 0 aromatic carbocycles. The first-order valence-corrected chi connectivity index (χ1v) is 15.3. The lowest BCUT2D eigenvalue weighted by Gasteiger charge is -2.35. The number of carbonyl (C=O) groups excluding carboxylic acids is 1. The smallest absolute Gasteiger partial charge is 0.391 e. The van der Waals surface area contributed by atoms with Crippen LogP contribution in [-0.4, -0.2) is 76.2 Å². The van der Waals surface area contributed by atoms with E-state index in [0.717, 1.165) is 18.5 Å². The van der Waals surface area contributed by atoms with Crippen LogP contribution in [0.2, 0.25) is 5.02 Å². The van der Waals surface area contributed by atoms with Crippen LogP contribution in [0.15, 0.2) is 12.3 Å². The van der Waals surface area contributed by atoms with Gasteiger partial charge in [-0.05, 0) is 46.5 Å². The van der Waals surface area contributed by atoms with Crippen molar-refractivity contribution >= 4 is 33.2 Å². The molecule has 2 aromatic rings. The van der Waals surface area contributed by atoms with Gasteiger partial charge >= 0.3 is 12.8 Å². The molecule has 42 heavy (non-hydrogen) atoms. The van der Waals surface area contributed by atoms with Crippen molar-refractivity contribution in [3.63, 3.8) is 0 Å². The van der Waals surface area contributed by atoms with Gasteiger partial charge in [-0.2, -0.15) is 27.1 Å². The van der Waals surface area contributed by atoms with E-state index in [-0.39, 0.29) is 66.6 Å². The molecule has 0 radical (unpaired) electrons. The van der Waals surface area contributed by atoms with Gasteiger partial charge in [0.15, 0.2) is 5.69 Å². The monoisotopic (exact) mass is 645 g/mol. The van der Waals surface area contributed by atoms with Crippen LogP contribution in [0.1, 0.15) is 63.4 Å². The van der Waals surface area contributed by atoms with E-state index in [1.54, 1.807) is 6.92 Å². The summed E-state index contributed by atoms with van der Waals surface area (Å²) < 4.78 is 95.0. The number of rotatable bonds is 11. The van der Waals surface area contributed by atoms with E-state index in [9.17, 15) is 40.3 Å². The Kier molecular flexibility index (Phi) is 10.0. The summed E-state index contributed by atoms with van der Waals surface area (Å²) >= 11 is 6.51. The molecule has 0 unspecified atom stereocenters. The summed E-state index contributed by atoms with van der Waals surface area (Å²) in [5, 5.41) is 19.4. The van der Waals surface area contributed by atoms with Crippen LogP contribution in [0.3, 0.4) is 0 Å². The Labute approximate surface area is 244 Å². The fourth-order valence-electron chi connectivity index (χ4n) is 4.90. The first-order chi connectivity index (χ1) is 19.2. The van der Waals surface area contributed by atoms with E-state index in [0.29, 0.717) is 0 Å². The van der Waals surface area contributed by atoms with Gasteiger partial charge in [-0.15, -0.1) is 0 Å². The van der Waals surface area contributed by atoms with E-state index >= 15 is 0 Å². The van der Waals surface area contributed by atoms with Gasteiger partial charge in [-0.1, -0.05) is 11.6 Å². The van der Waals surface area contributed by atoms with Crippen molar-refractivity contribution in [1.82, 2.24) is 20.1 Å². The number of nitrogens with zero attached hydrogens (tertiary/aromatic N) is 3. The number of carbonyl (C=O) groups is 1. The van der Waals surface area contributed by atoms with E-state index < -0.39 is 57.1 Å². The highest BCUT2D eigenvalue weighted by atomic mass is 35.5. The largest absolute Gasteiger partial charge is 0.434 e. The average Bonchev–Trinajstić information content (AvgIpc) is 3.16. The minimum absolute atomic E-state index is 0.000871. The summed E-state index contributed by atoms with van der Waals surface area (Å²) in [6.45, 7) is 0.805. The maximum absolute atomic E-state index is 13.3. The Morgan fingerprint density at radius 1 is 1.29 bits per heavy atom. The number of aliphatic hydroxyl groups is 1. The molecule has 2 aromatic heterocycles. The van der Waals surface area contributed by atoms with E-state index in [1.807, 2.05) is 0 Å². The summed E-state index contributed by atoms with van der Waals surface area (Å²) in [6.07, 6.45) is -2.75. The van der Waals surface area contributed by atoms with Gasteiger partial charge in [0.25, 0.3) is 5.91 Å². The van der Waals surface area contributed by atoms with Gasteiger partial charge < -0.3 is 20.5 Å². The predicted octanol–water partition coefficient (Wildman–Crippen LogP) is 4.81. The predicted molar refractivity (Wildman–Crippen MR) is 146 cm³/mol. The quantitative estimate of drug-likeness (QED) is 0.296. The summed E-state index contributed by atoms with van der Waals surface area (Å²) in [5.74, 6) is -1.41. The highest BCUT2D eigenvalue weighted by molar-refractivity contribution is 7.91.